The molecular formula is C23H27FN2O2S. The van der Waals surface area contributed by atoms with E-state index < -0.39 is 6.04 Å². The molecule has 0 bridgehead atoms. The molecule has 3 unspecified atom stereocenters. The molecule has 0 aromatic heterocycles. The maximum absolute atomic E-state index is 13.5. The van der Waals surface area contributed by atoms with Crippen molar-refractivity contribution in [2.75, 3.05) is 5.75 Å². The summed E-state index contributed by atoms with van der Waals surface area (Å²) in [6.45, 7) is 7.95. The van der Waals surface area contributed by atoms with Crippen LogP contribution in [0.4, 0.5) is 4.39 Å². The number of hydrogen-bond acceptors (Lipinski definition) is 3. The summed E-state index contributed by atoms with van der Waals surface area (Å²) in [6.07, 6.45) is 0. The molecule has 0 saturated carbocycles. The number of benzene rings is 2. The predicted octanol–water partition coefficient (Wildman–Crippen LogP) is 4.55. The van der Waals surface area contributed by atoms with Gasteiger partial charge in [-0.2, -0.15) is 0 Å². The summed E-state index contributed by atoms with van der Waals surface area (Å²) in [4.78, 5) is 28.2. The number of amides is 2. The molecule has 0 aliphatic carbocycles. The average Bonchev–Trinajstić information content (AvgIpc) is 3.13. The first kappa shape index (κ1) is 21.4. The zero-order valence-corrected chi connectivity index (χ0v) is 18.0. The molecule has 3 rings (SSSR count). The highest BCUT2D eigenvalue weighted by molar-refractivity contribution is 7.99. The van der Waals surface area contributed by atoms with Gasteiger partial charge in [-0.25, -0.2) is 4.39 Å². The van der Waals surface area contributed by atoms with Crippen LogP contribution in [-0.2, 0) is 4.79 Å². The highest BCUT2D eigenvalue weighted by Crippen LogP contribution is 2.42. The summed E-state index contributed by atoms with van der Waals surface area (Å²) in [7, 11) is 0. The van der Waals surface area contributed by atoms with Gasteiger partial charge in [0, 0.05) is 17.4 Å². The van der Waals surface area contributed by atoms with E-state index in [0.717, 1.165) is 11.1 Å². The van der Waals surface area contributed by atoms with Crippen molar-refractivity contribution in [1.29, 1.82) is 0 Å². The lowest BCUT2D eigenvalue weighted by molar-refractivity contribution is -0.125. The van der Waals surface area contributed by atoms with Crippen LogP contribution < -0.4 is 5.32 Å². The summed E-state index contributed by atoms with van der Waals surface area (Å²) < 4.78 is 13.4. The first-order valence-electron chi connectivity index (χ1n) is 9.85. The first-order valence-corrected chi connectivity index (χ1v) is 10.9. The van der Waals surface area contributed by atoms with Gasteiger partial charge in [-0.05, 0) is 49.1 Å². The minimum Gasteiger partial charge on any atom is -0.352 e. The molecule has 6 heteroatoms. The Morgan fingerprint density at radius 1 is 1.10 bits per heavy atom. The zero-order chi connectivity index (χ0) is 21.1. The summed E-state index contributed by atoms with van der Waals surface area (Å²) in [5.74, 6) is 0.135. The number of halogens is 1. The summed E-state index contributed by atoms with van der Waals surface area (Å²) in [5.41, 5.74) is 2.25. The fourth-order valence-corrected chi connectivity index (χ4v) is 4.71. The van der Waals surface area contributed by atoms with Crippen molar-refractivity contribution in [3.05, 3.63) is 71.0 Å². The maximum Gasteiger partial charge on any atom is 0.256 e. The van der Waals surface area contributed by atoms with Gasteiger partial charge in [0.1, 0.15) is 17.2 Å². The maximum atomic E-state index is 13.5. The molecule has 2 aromatic carbocycles. The Hall–Kier alpha value is -2.34. The summed E-state index contributed by atoms with van der Waals surface area (Å²) >= 11 is 1.53. The third-order valence-corrected chi connectivity index (χ3v) is 6.76. The van der Waals surface area contributed by atoms with Crippen LogP contribution in [0.25, 0.3) is 0 Å². The van der Waals surface area contributed by atoms with Crippen molar-refractivity contribution in [1.82, 2.24) is 10.2 Å². The van der Waals surface area contributed by atoms with E-state index in [1.54, 1.807) is 23.1 Å². The van der Waals surface area contributed by atoms with Crippen molar-refractivity contribution >= 4 is 23.6 Å². The molecule has 3 atom stereocenters. The van der Waals surface area contributed by atoms with Gasteiger partial charge in [-0.15, -0.1) is 11.8 Å². The van der Waals surface area contributed by atoms with Crippen LogP contribution in [0.2, 0.25) is 0 Å². The summed E-state index contributed by atoms with van der Waals surface area (Å²) in [6, 6.07) is 13.0. The van der Waals surface area contributed by atoms with Crippen LogP contribution in [0.15, 0.2) is 48.5 Å². The molecule has 29 heavy (non-hydrogen) atoms. The Bertz CT molecular complexity index is 885. The second kappa shape index (κ2) is 8.99. The molecule has 4 nitrogen and oxygen atoms in total. The number of thioether (sulfide) groups is 1. The molecule has 154 valence electrons. The molecule has 1 saturated heterocycles. The molecule has 1 heterocycles. The minimum absolute atomic E-state index is 0.00721. The fraction of sp³-hybridized carbons (Fsp3) is 0.391. The number of hydrogen-bond donors (Lipinski definition) is 1. The topological polar surface area (TPSA) is 49.4 Å². The Morgan fingerprint density at radius 3 is 2.38 bits per heavy atom. The third-order valence-electron chi connectivity index (χ3n) is 5.44. The highest BCUT2D eigenvalue weighted by Gasteiger charge is 2.43. The van der Waals surface area contributed by atoms with Crippen molar-refractivity contribution in [2.24, 2.45) is 5.92 Å². The van der Waals surface area contributed by atoms with Crippen molar-refractivity contribution in [2.45, 2.75) is 45.2 Å². The monoisotopic (exact) mass is 414 g/mol. The number of rotatable bonds is 5. The number of nitrogens with one attached hydrogen (secondary N) is 1. The van der Waals surface area contributed by atoms with Crippen molar-refractivity contribution in [3.8, 4) is 0 Å². The van der Waals surface area contributed by atoms with Crippen LogP contribution in [0, 0.1) is 18.7 Å². The quantitative estimate of drug-likeness (QED) is 0.781. The van der Waals surface area contributed by atoms with E-state index in [1.807, 2.05) is 45.9 Å². The van der Waals surface area contributed by atoms with E-state index in [9.17, 15) is 14.0 Å². The van der Waals surface area contributed by atoms with Crippen molar-refractivity contribution in [3.63, 3.8) is 0 Å². The first-order chi connectivity index (χ1) is 13.8. The molecular weight excluding hydrogens is 387 g/mol. The van der Waals surface area contributed by atoms with E-state index in [0.29, 0.717) is 17.2 Å². The van der Waals surface area contributed by atoms with Crippen molar-refractivity contribution < 1.29 is 14.0 Å². The lowest BCUT2D eigenvalue weighted by atomic mass is 10.0. The van der Waals surface area contributed by atoms with Gasteiger partial charge in [0.15, 0.2) is 0 Å². The standard InChI is InChI=1S/C23H27FN2O2S/c1-14(2)16(4)25-21(27)20-13-29-23(17-9-11-18(24)12-10-17)26(20)22(28)19-8-6-5-7-15(19)3/h5-12,14,16,20,23H,13H2,1-4H3,(H,25,27). The second-order valence-electron chi connectivity index (χ2n) is 7.82. The molecule has 2 aromatic rings. The third kappa shape index (κ3) is 4.64. The number of carbonyl (C=O) groups is 2. The van der Waals surface area contributed by atoms with Gasteiger partial charge >= 0.3 is 0 Å². The van der Waals surface area contributed by atoms with Gasteiger partial charge in [-0.3, -0.25) is 9.59 Å². The van der Waals surface area contributed by atoms with Gasteiger partial charge < -0.3 is 10.2 Å². The Kier molecular flexibility index (Phi) is 6.63. The lowest BCUT2D eigenvalue weighted by Crippen LogP contribution is -2.51. The smallest absolute Gasteiger partial charge is 0.256 e. The lowest BCUT2D eigenvalue weighted by Gasteiger charge is -2.31. The van der Waals surface area contributed by atoms with E-state index >= 15 is 0 Å². The average molecular weight is 415 g/mol. The Balaban J connectivity index is 1.95. The zero-order valence-electron chi connectivity index (χ0n) is 17.2. The SMILES string of the molecule is Cc1ccccc1C(=O)N1C(C(=O)NC(C)C(C)C)CSC1c1ccc(F)cc1. The molecule has 0 spiro atoms. The van der Waals surface area contributed by atoms with E-state index in [2.05, 4.69) is 5.32 Å². The van der Waals surface area contributed by atoms with Gasteiger partial charge in [0.05, 0.1) is 0 Å². The number of nitrogens with zero attached hydrogens (tertiary/aromatic N) is 1. The fourth-order valence-electron chi connectivity index (χ4n) is 3.28. The van der Waals surface area contributed by atoms with Gasteiger partial charge in [-0.1, -0.05) is 44.2 Å². The molecule has 2 amide bonds. The predicted molar refractivity (Wildman–Crippen MR) is 115 cm³/mol. The van der Waals surface area contributed by atoms with Gasteiger partial charge in [0.25, 0.3) is 5.91 Å². The van der Waals surface area contributed by atoms with Crippen LogP contribution in [-0.4, -0.2) is 34.6 Å². The highest BCUT2D eigenvalue weighted by atomic mass is 32.2. The van der Waals surface area contributed by atoms with E-state index in [4.69, 9.17) is 0 Å². The Morgan fingerprint density at radius 2 is 1.76 bits per heavy atom. The largest absolute Gasteiger partial charge is 0.352 e. The van der Waals surface area contributed by atoms with Gasteiger partial charge in [0.2, 0.25) is 5.91 Å². The molecule has 0 radical (unpaired) electrons. The van der Waals surface area contributed by atoms with Crippen LogP contribution in [0.1, 0.15) is 47.6 Å². The van der Waals surface area contributed by atoms with E-state index in [-0.39, 0.29) is 29.0 Å². The van der Waals surface area contributed by atoms with Crippen LogP contribution in [0.5, 0.6) is 0 Å². The normalized spacial score (nSPS) is 20.0. The summed E-state index contributed by atoms with van der Waals surface area (Å²) in [5, 5.41) is 2.71. The van der Waals surface area contributed by atoms with Crippen LogP contribution >= 0.6 is 11.8 Å². The molecule has 1 aliphatic heterocycles. The Labute approximate surface area is 175 Å². The molecule has 1 N–H and O–H groups in total. The molecule has 1 fully saturated rings. The second-order valence-corrected chi connectivity index (χ2v) is 8.93. The number of aryl methyl sites for hydroxylation is 1. The van der Waals surface area contributed by atoms with E-state index in [1.165, 1.54) is 23.9 Å². The van der Waals surface area contributed by atoms with Crippen LogP contribution in [0.3, 0.4) is 0 Å². The molecule has 1 aliphatic rings. The number of carbonyl (C=O) groups excluding carboxylic acids is 2. The minimum atomic E-state index is -0.580.